The summed E-state index contributed by atoms with van der Waals surface area (Å²) in [5.74, 6) is -1.17. The minimum Gasteiger partial charge on any atom is -0.373 e. The van der Waals surface area contributed by atoms with E-state index in [0.29, 0.717) is 59.4 Å². The van der Waals surface area contributed by atoms with Gasteiger partial charge in [-0.05, 0) is 51.7 Å². The van der Waals surface area contributed by atoms with E-state index in [1.165, 1.54) is 12.1 Å². The summed E-state index contributed by atoms with van der Waals surface area (Å²) < 4.78 is 45.3. The molecule has 9 heteroatoms. The van der Waals surface area contributed by atoms with E-state index < -0.39 is 17.7 Å². The van der Waals surface area contributed by atoms with Crippen molar-refractivity contribution in [2.24, 2.45) is 0 Å². The summed E-state index contributed by atoms with van der Waals surface area (Å²) in [7, 11) is 0. The second-order valence-corrected chi connectivity index (χ2v) is 9.02. The van der Waals surface area contributed by atoms with Gasteiger partial charge in [-0.25, -0.2) is 28.7 Å². The molecule has 174 valence electrons. The van der Waals surface area contributed by atoms with Crippen molar-refractivity contribution in [3.05, 3.63) is 65.0 Å². The summed E-state index contributed by atoms with van der Waals surface area (Å²) in [6.07, 6.45) is 5.43. The van der Waals surface area contributed by atoms with E-state index in [1.54, 1.807) is 6.20 Å². The summed E-state index contributed by atoms with van der Waals surface area (Å²) in [5.41, 5.74) is 3.20. The fourth-order valence-electron chi connectivity index (χ4n) is 4.33. The molecule has 6 rings (SSSR count). The van der Waals surface area contributed by atoms with Crippen LogP contribution < -0.4 is 0 Å². The van der Waals surface area contributed by atoms with Crippen LogP contribution in [0.25, 0.3) is 22.4 Å². The fraction of sp³-hybridized carbons (Fsp3) is 0.400. The summed E-state index contributed by atoms with van der Waals surface area (Å²) in [6.45, 7) is 4.00. The first-order valence-corrected chi connectivity index (χ1v) is 11.5. The molecule has 1 saturated carbocycles. The van der Waals surface area contributed by atoms with Crippen LogP contribution in [0.15, 0.2) is 30.6 Å². The molecule has 2 atom stereocenters. The summed E-state index contributed by atoms with van der Waals surface area (Å²) in [5, 5.41) is 4.42. The smallest absolute Gasteiger partial charge is 0.182 e. The van der Waals surface area contributed by atoms with Gasteiger partial charge in [0.15, 0.2) is 5.65 Å². The molecule has 0 radical (unpaired) electrons. The van der Waals surface area contributed by atoms with Crippen molar-refractivity contribution in [3.8, 4) is 11.3 Å². The van der Waals surface area contributed by atoms with E-state index in [1.807, 2.05) is 24.7 Å². The Kier molecular flexibility index (Phi) is 4.82. The van der Waals surface area contributed by atoms with Crippen LogP contribution in [-0.4, -0.2) is 36.3 Å². The van der Waals surface area contributed by atoms with Crippen molar-refractivity contribution < 1.29 is 14.9 Å². The molecule has 3 aromatic heterocycles. The molecule has 1 aliphatic carbocycles. The van der Waals surface area contributed by atoms with Gasteiger partial charge in [0.05, 0.1) is 31.1 Å². The van der Waals surface area contributed by atoms with Crippen molar-refractivity contribution in [2.45, 2.75) is 57.6 Å². The second kappa shape index (κ2) is 8.16. The Bertz CT molecular complexity index is 1460. The topological polar surface area (TPSA) is 78.6 Å². The van der Waals surface area contributed by atoms with Gasteiger partial charge in [-0.15, -0.1) is 0 Å². The van der Waals surface area contributed by atoms with Crippen molar-refractivity contribution in [3.63, 3.8) is 0 Å². The van der Waals surface area contributed by atoms with Crippen LogP contribution in [0.1, 0.15) is 67.9 Å². The van der Waals surface area contributed by atoms with Crippen molar-refractivity contribution in [1.29, 1.82) is 0 Å². The van der Waals surface area contributed by atoms with E-state index >= 15 is 0 Å². The van der Waals surface area contributed by atoms with Crippen LogP contribution in [0.2, 0.25) is 0 Å². The van der Waals surface area contributed by atoms with Crippen LogP contribution in [0, 0.1) is 25.5 Å². The molecule has 0 unspecified atom stereocenters. The van der Waals surface area contributed by atoms with E-state index in [4.69, 9.17) is 16.1 Å². The second-order valence-electron chi connectivity index (χ2n) is 9.02. The largest absolute Gasteiger partial charge is 0.373 e. The molecule has 34 heavy (non-hydrogen) atoms. The zero-order valence-electron chi connectivity index (χ0n) is 19.9. The minimum absolute atomic E-state index is 0.132. The molecule has 1 aliphatic heterocycles. The number of benzene rings is 1. The molecule has 7 nitrogen and oxygen atoms in total. The Morgan fingerprint density at radius 3 is 2.68 bits per heavy atom. The molecule has 0 spiro atoms. The van der Waals surface area contributed by atoms with Gasteiger partial charge >= 0.3 is 0 Å². The molecule has 2 fully saturated rings. The zero-order chi connectivity index (χ0) is 24.3. The number of fused-ring (bicyclic) bond motifs is 1. The highest BCUT2D eigenvalue weighted by atomic mass is 19.1. The Balaban J connectivity index is 1.44. The van der Waals surface area contributed by atoms with Gasteiger partial charge < -0.3 is 4.74 Å². The lowest BCUT2D eigenvalue weighted by atomic mass is 9.92. The molecule has 2 aliphatic rings. The Hall–Kier alpha value is -3.33. The number of aryl methyl sites for hydroxylation is 2. The van der Waals surface area contributed by atoms with E-state index in [0.717, 1.165) is 18.9 Å². The van der Waals surface area contributed by atoms with E-state index in [9.17, 15) is 8.78 Å². The van der Waals surface area contributed by atoms with Crippen molar-refractivity contribution >= 4 is 11.2 Å². The Morgan fingerprint density at radius 2 is 1.88 bits per heavy atom. The van der Waals surface area contributed by atoms with E-state index in [-0.39, 0.29) is 17.2 Å². The minimum atomic E-state index is -1.29. The molecule has 1 saturated heterocycles. The van der Waals surface area contributed by atoms with Crippen LogP contribution >= 0.6 is 0 Å². The average Bonchev–Trinajstić information content (AvgIpc) is 3.55. The maximum absolute atomic E-state index is 14.8. The lowest BCUT2D eigenvalue weighted by Gasteiger charge is -2.28. The summed E-state index contributed by atoms with van der Waals surface area (Å²) in [6, 6.07) is 3.80. The molecule has 0 amide bonds. The number of rotatable bonds is 4. The first-order chi connectivity index (χ1) is 16.8. The van der Waals surface area contributed by atoms with Gasteiger partial charge in [0.2, 0.25) is 0 Å². The number of aromatic nitrogens is 6. The third-order valence-corrected chi connectivity index (χ3v) is 6.53. The van der Waals surface area contributed by atoms with Crippen molar-refractivity contribution in [1.82, 2.24) is 29.7 Å². The standard InChI is InChI=1S/C25H24F2N6O/c1-13-14(2)30-25-23(29-13)22(19-6-3-17(26)10-20(19)27)31-24(32-25)15-7-8-34-21(9-15)16-11-28-33(12-16)18-4-5-18/h3,6,10-12,15,18,21H,4-5,7-9H2,1-2H3/t15-,21+/m1/s1/i21D. The fourth-order valence-corrected chi connectivity index (χ4v) is 4.33. The Morgan fingerprint density at radius 1 is 1.06 bits per heavy atom. The molecule has 4 aromatic rings. The molecule has 1 aromatic carbocycles. The zero-order valence-corrected chi connectivity index (χ0v) is 18.9. The van der Waals surface area contributed by atoms with Crippen molar-refractivity contribution in [2.75, 3.05) is 6.61 Å². The predicted octanol–water partition coefficient (Wildman–Crippen LogP) is 5.15. The van der Waals surface area contributed by atoms with Gasteiger partial charge in [-0.2, -0.15) is 5.10 Å². The quantitative estimate of drug-likeness (QED) is 0.417. The van der Waals surface area contributed by atoms with Gasteiger partial charge in [-0.3, -0.25) is 4.68 Å². The normalized spacial score (nSPS) is 23.3. The highest BCUT2D eigenvalue weighted by molar-refractivity contribution is 5.87. The first kappa shape index (κ1) is 20.1. The summed E-state index contributed by atoms with van der Waals surface area (Å²) >= 11 is 0. The maximum Gasteiger partial charge on any atom is 0.182 e. The SMILES string of the molecule is [2H][C@@]1(c2cnn(C3CC3)c2)C[C@H](c2nc(-c3ccc(F)cc3F)c3nc(C)c(C)nc3n2)CCO1. The molecular formula is C25H24F2N6O. The van der Waals surface area contributed by atoms with Crippen LogP contribution in [0.4, 0.5) is 8.78 Å². The number of hydrogen-bond donors (Lipinski definition) is 0. The molecule has 4 heterocycles. The summed E-state index contributed by atoms with van der Waals surface area (Å²) in [4.78, 5) is 18.6. The van der Waals surface area contributed by atoms with Gasteiger partial charge in [0.25, 0.3) is 0 Å². The van der Waals surface area contributed by atoms with Crippen LogP contribution in [0.3, 0.4) is 0 Å². The monoisotopic (exact) mass is 463 g/mol. The highest BCUT2D eigenvalue weighted by Crippen LogP contribution is 2.40. The molecular weight excluding hydrogens is 438 g/mol. The van der Waals surface area contributed by atoms with E-state index in [2.05, 4.69) is 15.1 Å². The number of nitrogens with zero attached hydrogens (tertiary/aromatic N) is 6. The predicted molar refractivity (Wildman–Crippen MR) is 121 cm³/mol. The number of halogens is 2. The first-order valence-electron chi connectivity index (χ1n) is 12.0. The van der Waals surface area contributed by atoms with Gasteiger partial charge in [-0.1, -0.05) is 0 Å². The van der Waals surface area contributed by atoms with Crippen LogP contribution in [-0.2, 0) is 4.74 Å². The van der Waals surface area contributed by atoms with Gasteiger partial charge in [0, 0.05) is 35.9 Å². The highest BCUT2D eigenvalue weighted by Gasteiger charge is 2.31. The maximum atomic E-state index is 14.8. The third-order valence-electron chi connectivity index (χ3n) is 6.53. The molecule has 0 bridgehead atoms. The van der Waals surface area contributed by atoms with Crippen LogP contribution in [0.5, 0.6) is 0 Å². The molecule has 0 N–H and O–H groups in total. The Labute approximate surface area is 196 Å². The van der Waals surface area contributed by atoms with Gasteiger partial charge in [0.1, 0.15) is 28.7 Å². The lowest BCUT2D eigenvalue weighted by molar-refractivity contribution is 0.00396. The average molecular weight is 464 g/mol. The lowest BCUT2D eigenvalue weighted by Crippen LogP contribution is -2.20. The number of ether oxygens (including phenoxy) is 1. The number of hydrogen-bond acceptors (Lipinski definition) is 6. The third kappa shape index (κ3) is 3.83.